The van der Waals surface area contributed by atoms with Crippen LogP contribution >= 0.6 is 11.3 Å². The number of carbonyl (C=O) groups is 2. The van der Waals surface area contributed by atoms with E-state index in [1.54, 1.807) is 32.0 Å². The van der Waals surface area contributed by atoms with Crippen LogP contribution in [-0.2, 0) is 10.9 Å². The molecular formula is C29H22F3N3O5S. The van der Waals surface area contributed by atoms with Gasteiger partial charge in [0, 0.05) is 10.8 Å². The summed E-state index contributed by atoms with van der Waals surface area (Å²) in [6, 6.07) is 14.5. The van der Waals surface area contributed by atoms with Gasteiger partial charge in [0.1, 0.15) is 10.8 Å². The number of nitrogens with one attached hydrogen (secondary N) is 1. The zero-order valence-electron chi connectivity index (χ0n) is 21.7. The van der Waals surface area contributed by atoms with Crippen molar-refractivity contribution in [3.8, 4) is 11.4 Å². The lowest BCUT2D eigenvalue weighted by Crippen LogP contribution is -2.25. The zero-order chi connectivity index (χ0) is 29.3. The molecule has 0 unspecified atom stereocenters. The third kappa shape index (κ3) is 5.25. The number of nitrogens with zero attached hydrogens (tertiary/aromatic N) is 2. The SMILES string of the molecule is CCOC(=O)c1nn(-c2ccc(C(F)(F)F)cc2)c(=O)c2c(NC(=O)c3c(OCC)ccc4ccccc34)scc12. The number of carbonyl (C=O) groups excluding carboxylic acids is 2. The molecular weight excluding hydrogens is 559 g/mol. The first-order valence-corrected chi connectivity index (χ1v) is 13.4. The topological polar surface area (TPSA) is 99.5 Å². The van der Waals surface area contributed by atoms with Gasteiger partial charge in [-0.05, 0) is 55.0 Å². The average Bonchev–Trinajstić information content (AvgIpc) is 3.37. The van der Waals surface area contributed by atoms with E-state index in [4.69, 9.17) is 9.47 Å². The van der Waals surface area contributed by atoms with Gasteiger partial charge >= 0.3 is 12.1 Å². The predicted octanol–water partition coefficient (Wildman–Crippen LogP) is 6.45. The van der Waals surface area contributed by atoms with Crippen LogP contribution in [0.3, 0.4) is 0 Å². The Kier molecular flexibility index (Phi) is 7.50. The molecule has 5 rings (SSSR count). The van der Waals surface area contributed by atoms with Crippen molar-refractivity contribution in [3.63, 3.8) is 0 Å². The molecule has 5 aromatic rings. The molecule has 210 valence electrons. The molecule has 0 atom stereocenters. The number of amides is 1. The summed E-state index contributed by atoms with van der Waals surface area (Å²) in [7, 11) is 0. The van der Waals surface area contributed by atoms with Gasteiger partial charge in [-0.3, -0.25) is 9.59 Å². The van der Waals surface area contributed by atoms with Crippen molar-refractivity contribution in [2.45, 2.75) is 20.0 Å². The van der Waals surface area contributed by atoms with E-state index in [2.05, 4.69) is 10.4 Å². The maximum Gasteiger partial charge on any atom is 0.416 e. The van der Waals surface area contributed by atoms with Gasteiger partial charge in [0.05, 0.1) is 35.4 Å². The van der Waals surface area contributed by atoms with Crippen LogP contribution in [0.5, 0.6) is 5.75 Å². The highest BCUT2D eigenvalue weighted by molar-refractivity contribution is 7.16. The number of ether oxygens (including phenoxy) is 2. The molecule has 0 aliphatic carbocycles. The number of hydrogen-bond acceptors (Lipinski definition) is 7. The lowest BCUT2D eigenvalue weighted by Gasteiger charge is -2.14. The van der Waals surface area contributed by atoms with E-state index in [1.807, 2.05) is 18.2 Å². The second-order valence-corrected chi connectivity index (χ2v) is 9.61. The Morgan fingerprint density at radius 1 is 0.976 bits per heavy atom. The number of rotatable bonds is 7. The maximum atomic E-state index is 13.7. The summed E-state index contributed by atoms with van der Waals surface area (Å²) in [5.41, 5.74) is -1.63. The predicted molar refractivity (Wildman–Crippen MR) is 149 cm³/mol. The second-order valence-electron chi connectivity index (χ2n) is 8.73. The fraction of sp³-hybridized carbons (Fsp3) is 0.172. The number of halogens is 3. The Morgan fingerprint density at radius 2 is 1.71 bits per heavy atom. The van der Waals surface area contributed by atoms with Crippen molar-refractivity contribution >= 4 is 49.8 Å². The van der Waals surface area contributed by atoms with Crippen LogP contribution in [0.25, 0.3) is 27.2 Å². The molecule has 0 spiro atoms. The molecule has 8 nitrogen and oxygen atoms in total. The van der Waals surface area contributed by atoms with Gasteiger partial charge in [0.2, 0.25) is 0 Å². The van der Waals surface area contributed by atoms with Gasteiger partial charge in [0.25, 0.3) is 11.5 Å². The number of fused-ring (bicyclic) bond motifs is 2. The van der Waals surface area contributed by atoms with Crippen LogP contribution in [-0.4, -0.2) is 34.9 Å². The summed E-state index contributed by atoms with van der Waals surface area (Å²) in [5.74, 6) is -1.04. The Hall–Kier alpha value is -4.71. The van der Waals surface area contributed by atoms with E-state index in [1.165, 1.54) is 5.38 Å². The highest BCUT2D eigenvalue weighted by Gasteiger charge is 2.30. The molecule has 0 radical (unpaired) electrons. The Bertz CT molecular complexity index is 1850. The lowest BCUT2D eigenvalue weighted by atomic mass is 10.0. The molecule has 0 fully saturated rings. The van der Waals surface area contributed by atoms with E-state index in [-0.39, 0.29) is 39.3 Å². The number of benzene rings is 3. The summed E-state index contributed by atoms with van der Waals surface area (Å²) in [4.78, 5) is 40.2. The molecule has 1 N–H and O–H groups in total. The van der Waals surface area contributed by atoms with Gasteiger partial charge in [-0.25, -0.2) is 4.79 Å². The Labute approximate surface area is 234 Å². The smallest absolute Gasteiger partial charge is 0.416 e. The van der Waals surface area contributed by atoms with Crippen LogP contribution in [0.4, 0.5) is 18.2 Å². The van der Waals surface area contributed by atoms with Crippen LogP contribution in [0, 0.1) is 0 Å². The largest absolute Gasteiger partial charge is 0.493 e. The minimum Gasteiger partial charge on any atom is -0.493 e. The number of anilines is 1. The fourth-order valence-electron chi connectivity index (χ4n) is 4.39. The van der Waals surface area contributed by atoms with E-state index in [9.17, 15) is 27.6 Å². The quantitative estimate of drug-likeness (QED) is 0.222. The molecule has 41 heavy (non-hydrogen) atoms. The zero-order valence-corrected chi connectivity index (χ0v) is 22.6. The first-order chi connectivity index (χ1) is 19.6. The normalized spacial score (nSPS) is 11.5. The number of aromatic nitrogens is 2. The van der Waals surface area contributed by atoms with Crippen molar-refractivity contribution in [2.24, 2.45) is 0 Å². The lowest BCUT2D eigenvalue weighted by molar-refractivity contribution is -0.137. The van der Waals surface area contributed by atoms with Crippen molar-refractivity contribution < 1.29 is 32.2 Å². The third-order valence-electron chi connectivity index (χ3n) is 6.21. The van der Waals surface area contributed by atoms with Gasteiger partial charge < -0.3 is 14.8 Å². The minimum absolute atomic E-state index is 0.00777. The highest BCUT2D eigenvalue weighted by atomic mass is 32.1. The minimum atomic E-state index is -4.58. The highest BCUT2D eigenvalue weighted by Crippen LogP contribution is 2.34. The van der Waals surface area contributed by atoms with E-state index in [0.717, 1.165) is 45.7 Å². The summed E-state index contributed by atoms with van der Waals surface area (Å²) >= 11 is 1.00. The first-order valence-electron chi connectivity index (χ1n) is 12.5. The van der Waals surface area contributed by atoms with Crippen LogP contribution in [0.2, 0.25) is 0 Å². The van der Waals surface area contributed by atoms with Gasteiger partial charge in [-0.15, -0.1) is 11.3 Å². The van der Waals surface area contributed by atoms with Gasteiger partial charge in [0.15, 0.2) is 5.69 Å². The maximum absolute atomic E-state index is 13.7. The van der Waals surface area contributed by atoms with Crippen molar-refractivity contribution in [1.82, 2.24) is 9.78 Å². The Morgan fingerprint density at radius 3 is 2.39 bits per heavy atom. The van der Waals surface area contributed by atoms with Crippen molar-refractivity contribution in [2.75, 3.05) is 18.5 Å². The summed E-state index contributed by atoms with van der Waals surface area (Å²) in [6.07, 6.45) is -4.58. The standard InChI is InChI=1S/C29H22F3N3O5S/c1-3-39-21-14-9-16-7-5-6-8-19(16)22(21)25(36)33-26-23-20(15-41-26)24(28(38)40-4-2)34-35(27(23)37)18-12-10-17(11-13-18)29(30,31)32/h5-15H,3-4H2,1-2H3,(H,33,36). The molecule has 0 aliphatic heterocycles. The first kappa shape index (κ1) is 27.8. The molecule has 2 aromatic heterocycles. The molecule has 0 bridgehead atoms. The number of esters is 1. The molecule has 0 saturated heterocycles. The molecule has 0 saturated carbocycles. The van der Waals surface area contributed by atoms with Crippen LogP contribution in [0.1, 0.15) is 40.3 Å². The molecule has 12 heteroatoms. The average molecular weight is 582 g/mol. The monoisotopic (exact) mass is 581 g/mol. The second kappa shape index (κ2) is 11.0. The van der Waals surface area contributed by atoms with E-state index in [0.29, 0.717) is 17.7 Å². The third-order valence-corrected chi connectivity index (χ3v) is 7.10. The number of hydrogen-bond donors (Lipinski definition) is 1. The number of thiophene rings is 1. The van der Waals surface area contributed by atoms with E-state index < -0.39 is 29.2 Å². The summed E-state index contributed by atoms with van der Waals surface area (Å²) < 4.78 is 51.0. The van der Waals surface area contributed by atoms with Crippen LogP contribution < -0.4 is 15.6 Å². The molecule has 3 aromatic carbocycles. The van der Waals surface area contributed by atoms with Crippen LogP contribution in [0.15, 0.2) is 70.8 Å². The van der Waals surface area contributed by atoms with Crippen molar-refractivity contribution in [1.29, 1.82) is 0 Å². The fourth-order valence-corrected chi connectivity index (χ4v) is 5.32. The van der Waals surface area contributed by atoms with Crippen molar-refractivity contribution in [3.05, 3.63) is 93.2 Å². The summed E-state index contributed by atoms with van der Waals surface area (Å²) in [5, 5.41) is 10.1. The van der Waals surface area contributed by atoms with Gasteiger partial charge in [-0.1, -0.05) is 30.3 Å². The molecule has 1 amide bonds. The number of alkyl halides is 3. The van der Waals surface area contributed by atoms with Gasteiger partial charge in [-0.2, -0.15) is 23.0 Å². The Balaban J connectivity index is 1.66. The molecule has 2 heterocycles. The summed E-state index contributed by atoms with van der Waals surface area (Å²) in [6.45, 7) is 3.72. The molecule has 0 aliphatic rings. The van der Waals surface area contributed by atoms with E-state index >= 15 is 0 Å².